The Morgan fingerprint density at radius 2 is 1.95 bits per heavy atom. The number of imidazole rings is 1. The van der Waals surface area contributed by atoms with Gasteiger partial charge in [-0.25, -0.2) is 9.67 Å². The molecule has 0 radical (unpaired) electrons. The van der Waals surface area contributed by atoms with Crippen molar-refractivity contribution >= 4 is 0 Å². The van der Waals surface area contributed by atoms with Crippen LogP contribution in [0, 0.1) is 0 Å². The molecule has 1 N–H and O–H groups in total. The second-order valence-electron chi connectivity index (χ2n) is 4.37. The highest BCUT2D eigenvalue weighted by atomic mass is 16.3. The normalized spacial score (nSPS) is 12.5. The number of aryl methyl sites for hydroxylation is 1. The Balaban J connectivity index is 2.01. The third-order valence-electron chi connectivity index (χ3n) is 2.96. The zero-order valence-electron chi connectivity index (χ0n) is 10.5. The minimum Gasteiger partial charge on any atom is -0.380 e. The summed E-state index contributed by atoms with van der Waals surface area (Å²) in [6.45, 7) is 0. The molecule has 0 fully saturated rings. The Labute approximate surface area is 110 Å². The predicted octanol–water partition coefficient (Wildman–Crippen LogP) is 1.69. The molecule has 96 valence electrons. The molecule has 0 amide bonds. The summed E-state index contributed by atoms with van der Waals surface area (Å²) in [6.07, 6.45) is 4.35. The molecule has 3 aromatic rings. The Hall–Kier alpha value is -2.40. The van der Waals surface area contributed by atoms with Crippen LogP contribution >= 0.6 is 0 Å². The molecular formula is C14H14N4O. The highest BCUT2D eigenvalue weighted by Crippen LogP contribution is 2.22. The first-order valence-corrected chi connectivity index (χ1v) is 6.01. The monoisotopic (exact) mass is 254 g/mol. The summed E-state index contributed by atoms with van der Waals surface area (Å²) in [6, 6.07) is 11.5. The van der Waals surface area contributed by atoms with Gasteiger partial charge in [-0.1, -0.05) is 18.2 Å². The Bertz CT molecular complexity index is 672. The topological polar surface area (TPSA) is 55.9 Å². The molecule has 2 heterocycles. The van der Waals surface area contributed by atoms with Crippen LogP contribution in [0.2, 0.25) is 0 Å². The van der Waals surface area contributed by atoms with Crippen molar-refractivity contribution in [2.45, 2.75) is 6.10 Å². The smallest absolute Gasteiger partial charge is 0.139 e. The van der Waals surface area contributed by atoms with Gasteiger partial charge in [-0.2, -0.15) is 5.10 Å². The molecule has 2 aromatic heterocycles. The van der Waals surface area contributed by atoms with E-state index in [1.165, 1.54) is 0 Å². The van der Waals surface area contributed by atoms with Crippen LogP contribution in [0.3, 0.4) is 0 Å². The van der Waals surface area contributed by atoms with Gasteiger partial charge in [-0.05, 0) is 18.2 Å². The molecule has 1 unspecified atom stereocenters. The first kappa shape index (κ1) is 11.7. The second-order valence-corrected chi connectivity index (χ2v) is 4.37. The van der Waals surface area contributed by atoms with Crippen molar-refractivity contribution in [1.29, 1.82) is 0 Å². The maximum Gasteiger partial charge on any atom is 0.139 e. The number of hydrogen-bond donors (Lipinski definition) is 1. The molecule has 3 rings (SSSR count). The van der Waals surface area contributed by atoms with Gasteiger partial charge in [0.25, 0.3) is 0 Å². The average molecular weight is 254 g/mol. The molecule has 0 spiro atoms. The van der Waals surface area contributed by atoms with Gasteiger partial charge < -0.3 is 9.67 Å². The first-order chi connectivity index (χ1) is 9.25. The molecule has 0 saturated carbocycles. The SMILES string of the molecule is Cn1cnc(C(O)c2ccnn2-c2ccccc2)c1. The van der Waals surface area contributed by atoms with Crippen LogP contribution in [0.4, 0.5) is 0 Å². The van der Waals surface area contributed by atoms with E-state index in [-0.39, 0.29) is 0 Å². The minimum atomic E-state index is -0.788. The van der Waals surface area contributed by atoms with Crippen LogP contribution in [0.1, 0.15) is 17.5 Å². The highest BCUT2D eigenvalue weighted by Gasteiger charge is 2.18. The molecule has 0 aliphatic rings. The van der Waals surface area contributed by atoms with Gasteiger partial charge in [0.15, 0.2) is 0 Å². The fourth-order valence-corrected chi connectivity index (χ4v) is 2.03. The maximum absolute atomic E-state index is 10.4. The maximum atomic E-state index is 10.4. The standard InChI is InChI=1S/C14H14N4O/c1-17-9-12(15-10-17)14(19)13-7-8-16-18(13)11-5-3-2-4-6-11/h2-10,14,19H,1H3. The lowest BCUT2D eigenvalue weighted by atomic mass is 10.2. The molecule has 0 saturated heterocycles. The average Bonchev–Trinajstić information content (AvgIpc) is 3.07. The first-order valence-electron chi connectivity index (χ1n) is 6.01. The number of nitrogens with zero attached hydrogens (tertiary/aromatic N) is 4. The lowest BCUT2D eigenvalue weighted by Gasteiger charge is -2.11. The summed E-state index contributed by atoms with van der Waals surface area (Å²) < 4.78 is 3.53. The van der Waals surface area contributed by atoms with E-state index < -0.39 is 6.10 Å². The fraction of sp³-hybridized carbons (Fsp3) is 0.143. The number of aromatic nitrogens is 4. The van der Waals surface area contributed by atoms with Crippen molar-refractivity contribution in [3.05, 3.63) is 66.5 Å². The summed E-state index contributed by atoms with van der Waals surface area (Å²) in [7, 11) is 1.87. The largest absolute Gasteiger partial charge is 0.380 e. The Morgan fingerprint density at radius 1 is 1.16 bits per heavy atom. The quantitative estimate of drug-likeness (QED) is 0.773. The van der Waals surface area contributed by atoms with E-state index in [0.29, 0.717) is 11.4 Å². The van der Waals surface area contributed by atoms with E-state index in [1.54, 1.807) is 29.5 Å². The molecule has 0 aliphatic carbocycles. The van der Waals surface area contributed by atoms with Crippen LogP contribution in [0.25, 0.3) is 5.69 Å². The van der Waals surface area contributed by atoms with Gasteiger partial charge >= 0.3 is 0 Å². The number of hydrogen-bond acceptors (Lipinski definition) is 3. The number of para-hydroxylation sites is 1. The second kappa shape index (κ2) is 4.70. The number of aliphatic hydroxyl groups excluding tert-OH is 1. The van der Waals surface area contributed by atoms with Crippen molar-refractivity contribution in [2.24, 2.45) is 7.05 Å². The van der Waals surface area contributed by atoms with Crippen LogP contribution in [-0.2, 0) is 7.05 Å². The Morgan fingerprint density at radius 3 is 2.63 bits per heavy atom. The zero-order valence-corrected chi connectivity index (χ0v) is 10.5. The van der Waals surface area contributed by atoms with Gasteiger partial charge in [-0.15, -0.1) is 0 Å². The molecule has 1 atom stereocenters. The summed E-state index contributed by atoms with van der Waals surface area (Å²) in [5, 5.41) is 14.7. The van der Waals surface area contributed by atoms with Crippen molar-refractivity contribution in [3.8, 4) is 5.69 Å². The van der Waals surface area contributed by atoms with E-state index in [4.69, 9.17) is 0 Å². The van der Waals surface area contributed by atoms with Crippen molar-refractivity contribution < 1.29 is 5.11 Å². The fourth-order valence-electron chi connectivity index (χ4n) is 2.03. The predicted molar refractivity (Wildman–Crippen MR) is 70.8 cm³/mol. The van der Waals surface area contributed by atoms with Gasteiger partial charge in [0.2, 0.25) is 0 Å². The molecule has 0 aliphatic heterocycles. The molecular weight excluding hydrogens is 240 g/mol. The van der Waals surface area contributed by atoms with Crippen LogP contribution in [-0.4, -0.2) is 24.4 Å². The van der Waals surface area contributed by atoms with Crippen molar-refractivity contribution in [1.82, 2.24) is 19.3 Å². The third kappa shape index (κ3) is 2.15. The van der Waals surface area contributed by atoms with E-state index in [2.05, 4.69) is 10.1 Å². The summed E-state index contributed by atoms with van der Waals surface area (Å²) in [5.41, 5.74) is 2.22. The van der Waals surface area contributed by atoms with Crippen molar-refractivity contribution in [3.63, 3.8) is 0 Å². The number of rotatable bonds is 3. The lowest BCUT2D eigenvalue weighted by Crippen LogP contribution is -2.08. The van der Waals surface area contributed by atoms with Gasteiger partial charge in [0.1, 0.15) is 6.10 Å². The van der Waals surface area contributed by atoms with Crippen LogP contribution in [0.5, 0.6) is 0 Å². The minimum absolute atomic E-state index is 0.611. The zero-order chi connectivity index (χ0) is 13.2. The summed E-state index contributed by atoms with van der Waals surface area (Å²) in [5.74, 6) is 0. The van der Waals surface area contributed by atoms with E-state index in [9.17, 15) is 5.11 Å². The van der Waals surface area contributed by atoms with E-state index >= 15 is 0 Å². The molecule has 1 aromatic carbocycles. The molecule has 5 heteroatoms. The highest BCUT2D eigenvalue weighted by molar-refractivity contribution is 5.34. The van der Waals surface area contributed by atoms with Crippen molar-refractivity contribution in [2.75, 3.05) is 0 Å². The van der Waals surface area contributed by atoms with Gasteiger partial charge in [0, 0.05) is 19.4 Å². The number of aliphatic hydroxyl groups is 1. The van der Waals surface area contributed by atoms with Gasteiger partial charge in [-0.3, -0.25) is 0 Å². The lowest BCUT2D eigenvalue weighted by molar-refractivity contribution is 0.207. The van der Waals surface area contributed by atoms with Gasteiger partial charge in [0.05, 0.1) is 23.4 Å². The molecule has 19 heavy (non-hydrogen) atoms. The molecule has 5 nitrogen and oxygen atoms in total. The van der Waals surface area contributed by atoms with E-state index in [0.717, 1.165) is 5.69 Å². The van der Waals surface area contributed by atoms with Crippen LogP contribution in [0.15, 0.2) is 55.1 Å². The summed E-state index contributed by atoms with van der Waals surface area (Å²) in [4.78, 5) is 4.18. The van der Waals surface area contributed by atoms with Crippen LogP contribution < -0.4 is 0 Å². The van der Waals surface area contributed by atoms with E-state index in [1.807, 2.05) is 41.9 Å². The Kier molecular flexibility index (Phi) is 2.89. The summed E-state index contributed by atoms with van der Waals surface area (Å²) >= 11 is 0. The number of benzene rings is 1. The molecule has 0 bridgehead atoms. The third-order valence-corrected chi connectivity index (χ3v) is 2.96.